The van der Waals surface area contributed by atoms with Crippen molar-refractivity contribution >= 4 is 85.9 Å². The van der Waals surface area contributed by atoms with Crippen molar-refractivity contribution in [3.63, 3.8) is 0 Å². The Kier molecular flexibility index (Phi) is 5.57. The average molecular weight is 641 g/mol. The Bertz CT molecular complexity index is 3090. The van der Waals surface area contributed by atoms with E-state index in [4.69, 9.17) is 0 Å². The van der Waals surface area contributed by atoms with Crippen LogP contribution < -0.4 is 0 Å². The Morgan fingerprint density at radius 1 is 0.327 bits per heavy atom. The molecular formula is C46H28N2S. The first-order valence-electron chi connectivity index (χ1n) is 16.8. The van der Waals surface area contributed by atoms with Gasteiger partial charge in [0.05, 0.1) is 22.1 Å². The third kappa shape index (κ3) is 3.82. The van der Waals surface area contributed by atoms with E-state index in [2.05, 4.69) is 179 Å². The lowest BCUT2D eigenvalue weighted by Crippen LogP contribution is -1.95. The summed E-state index contributed by atoms with van der Waals surface area (Å²) in [5.74, 6) is 0. The quantitative estimate of drug-likeness (QED) is 0.182. The smallest absolute Gasteiger partial charge is 0.0619 e. The minimum Gasteiger partial charge on any atom is -0.309 e. The zero-order chi connectivity index (χ0) is 32.1. The predicted molar refractivity (Wildman–Crippen MR) is 211 cm³/mol. The Balaban J connectivity index is 1.10. The molecule has 0 N–H and O–H groups in total. The van der Waals surface area contributed by atoms with Crippen LogP contribution in [0.25, 0.3) is 97.1 Å². The van der Waals surface area contributed by atoms with Crippen molar-refractivity contribution in [2.45, 2.75) is 0 Å². The third-order valence-electron chi connectivity index (χ3n) is 10.3. The van der Waals surface area contributed by atoms with Crippen molar-refractivity contribution in [1.29, 1.82) is 0 Å². The predicted octanol–water partition coefficient (Wildman–Crippen LogP) is 13.1. The molecule has 8 aromatic carbocycles. The summed E-state index contributed by atoms with van der Waals surface area (Å²) in [7, 11) is 0. The molecule has 11 aromatic rings. The van der Waals surface area contributed by atoms with Gasteiger partial charge in [-0.3, -0.25) is 0 Å². The summed E-state index contributed by atoms with van der Waals surface area (Å²) in [6.45, 7) is 0. The number of nitrogens with zero attached hydrogens (tertiary/aromatic N) is 2. The Labute approximate surface area is 286 Å². The number of benzene rings is 8. The number of thiophene rings is 1. The van der Waals surface area contributed by atoms with E-state index >= 15 is 0 Å². The first-order chi connectivity index (χ1) is 24.3. The molecule has 3 heteroatoms. The highest BCUT2D eigenvalue weighted by Crippen LogP contribution is 2.43. The van der Waals surface area contributed by atoms with Crippen molar-refractivity contribution in [3.05, 3.63) is 170 Å². The molecule has 0 radical (unpaired) electrons. The van der Waals surface area contributed by atoms with Crippen LogP contribution in [-0.4, -0.2) is 9.13 Å². The second-order valence-electron chi connectivity index (χ2n) is 12.9. The number of para-hydroxylation sites is 3. The van der Waals surface area contributed by atoms with Gasteiger partial charge in [-0.15, -0.1) is 11.3 Å². The van der Waals surface area contributed by atoms with Gasteiger partial charge in [-0.25, -0.2) is 0 Å². The molecule has 0 aliphatic carbocycles. The molecule has 0 fully saturated rings. The van der Waals surface area contributed by atoms with Crippen LogP contribution in [0.1, 0.15) is 0 Å². The second-order valence-corrected chi connectivity index (χ2v) is 14.0. The molecule has 0 unspecified atom stereocenters. The average Bonchev–Trinajstić information content (AvgIpc) is 3.83. The SMILES string of the molecule is c1ccc(-n2c3ccccc3c3cc(-c4ccc(-n5c6ccccc6c6ccc7c(ccc8sc9ccccc9c87)c65)cc4)ccc32)cc1. The molecule has 228 valence electrons. The van der Waals surface area contributed by atoms with Crippen LogP contribution in [0.4, 0.5) is 0 Å². The maximum absolute atomic E-state index is 2.47. The van der Waals surface area contributed by atoms with E-state index in [1.807, 2.05) is 11.3 Å². The molecule has 0 spiro atoms. The molecule has 0 saturated carbocycles. The highest BCUT2D eigenvalue weighted by atomic mass is 32.1. The fraction of sp³-hybridized carbons (Fsp3) is 0. The summed E-state index contributed by atoms with van der Waals surface area (Å²) in [4.78, 5) is 0. The maximum Gasteiger partial charge on any atom is 0.0619 e. The fourth-order valence-corrected chi connectivity index (χ4v) is 9.29. The van der Waals surface area contributed by atoms with Gasteiger partial charge in [-0.05, 0) is 77.2 Å². The molecule has 0 aliphatic rings. The minimum absolute atomic E-state index is 1.17. The standard InChI is InChI=1S/C46H28N2S/c1-2-10-31(11-3-1)47-40-15-7-5-13-34(40)39-28-30(20-26-42(39)47)29-18-21-32(22-19-29)48-41-16-8-4-12-33(41)36-24-23-35-37(46(36)48)25-27-44-45(35)38-14-6-9-17-43(38)49-44/h1-28H. The molecule has 11 rings (SSSR count). The van der Waals surface area contributed by atoms with Crippen LogP contribution in [0, 0.1) is 0 Å². The number of rotatable bonds is 3. The van der Waals surface area contributed by atoms with Crippen LogP contribution in [0.2, 0.25) is 0 Å². The van der Waals surface area contributed by atoms with Crippen molar-refractivity contribution in [3.8, 4) is 22.5 Å². The Morgan fingerprint density at radius 2 is 0.898 bits per heavy atom. The number of aromatic nitrogens is 2. The number of hydrogen-bond acceptors (Lipinski definition) is 1. The number of fused-ring (bicyclic) bond motifs is 12. The van der Waals surface area contributed by atoms with Gasteiger partial charge in [0.1, 0.15) is 0 Å². The van der Waals surface area contributed by atoms with E-state index < -0.39 is 0 Å². The van der Waals surface area contributed by atoms with Gasteiger partial charge in [0.15, 0.2) is 0 Å². The van der Waals surface area contributed by atoms with Crippen molar-refractivity contribution in [1.82, 2.24) is 9.13 Å². The lowest BCUT2D eigenvalue weighted by atomic mass is 10.0. The number of hydrogen-bond donors (Lipinski definition) is 0. The highest BCUT2D eigenvalue weighted by Gasteiger charge is 2.18. The van der Waals surface area contributed by atoms with Crippen LogP contribution in [0.3, 0.4) is 0 Å². The minimum atomic E-state index is 1.17. The van der Waals surface area contributed by atoms with Crippen LogP contribution >= 0.6 is 11.3 Å². The van der Waals surface area contributed by atoms with Crippen molar-refractivity contribution in [2.75, 3.05) is 0 Å². The molecule has 0 atom stereocenters. The first-order valence-corrected chi connectivity index (χ1v) is 17.6. The second kappa shape index (κ2) is 10.2. The Morgan fingerprint density at radius 3 is 1.71 bits per heavy atom. The summed E-state index contributed by atoms with van der Waals surface area (Å²) in [5.41, 5.74) is 9.70. The largest absolute Gasteiger partial charge is 0.309 e. The van der Waals surface area contributed by atoms with Crippen molar-refractivity contribution < 1.29 is 0 Å². The lowest BCUT2D eigenvalue weighted by Gasteiger charge is -2.12. The first kappa shape index (κ1) is 26.9. The van der Waals surface area contributed by atoms with Gasteiger partial charge in [-0.2, -0.15) is 0 Å². The molecule has 0 saturated heterocycles. The van der Waals surface area contributed by atoms with Gasteiger partial charge >= 0.3 is 0 Å². The molecule has 3 aromatic heterocycles. The molecule has 49 heavy (non-hydrogen) atoms. The topological polar surface area (TPSA) is 9.86 Å². The van der Waals surface area contributed by atoms with E-state index in [-0.39, 0.29) is 0 Å². The third-order valence-corrected chi connectivity index (χ3v) is 11.5. The summed E-state index contributed by atoms with van der Waals surface area (Å²) in [5, 5.41) is 10.4. The fourth-order valence-electron chi connectivity index (χ4n) is 8.17. The monoisotopic (exact) mass is 640 g/mol. The molecule has 2 nitrogen and oxygen atoms in total. The molecule has 0 amide bonds. The van der Waals surface area contributed by atoms with Crippen LogP contribution in [0.5, 0.6) is 0 Å². The molecular weight excluding hydrogens is 613 g/mol. The zero-order valence-electron chi connectivity index (χ0n) is 26.5. The van der Waals surface area contributed by atoms with Gasteiger partial charge in [-0.1, -0.05) is 109 Å². The van der Waals surface area contributed by atoms with Crippen LogP contribution in [0.15, 0.2) is 170 Å². The normalized spacial score (nSPS) is 12.1. The Hall–Kier alpha value is -6.16. The lowest BCUT2D eigenvalue weighted by molar-refractivity contribution is 1.18. The van der Waals surface area contributed by atoms with Crippen molar-refractivity contribution in [2.24, 2.45) is 0 Å². The van der Waals surface area contributed by atoms with Gasteiger partial charge in [0, 0.05) is 58.5 Å². The molecule has 0 aliphatic heterocycles. The van der Waals surface area contributed by atoms with E-state index in [1.165, 1.54) is 97.1 Å². The highest BCUT2D eigenvalue weighted by molar-refractivity contribution is 7.26. The van der Waals surface area contributed by atoms with Gasteiger partial charge in [0.2, 0.25) is 0 Å². The van der Waals surface area contributed by atoms with E-state index in [0.717, 1.165) is 0 Å². The summed E-state index contributed by atoms with van der Waals surface area (Å²) < 4.78 is 7.51. The van der Waals surface area contributed by atoms with E-state index in [1.54, 1.807) is 0 Å². The molecule has 0 bridgehead atoms. The maximum atomic E-state index is 2.47. The van der Waals surface area contributed by atoms with E-state index in [0.29, 0.717) is 0 Å². The summed E-state index contributed by atoms with van der Waals surface area (Å²) >= 11 is 1.88. The molecule has 3 heterocycles. The van der Waals surface area contributed by atoms with Crippen LogP contribution in [-0.2, 0) is 0 Å². The summed E-state index contributed by atoms with van der Waals surface area (Å²) in [6.07, 6.45) is 0. The summed E-state index contributed by atoms with van der Waals surface area (Å²) in [6, 6.07) is 62.4. The van der Waals surface area contributed by atoms with Gasteiger partial charge < -0.3 is 9.13 Å². The van der Waals surface area contributed by atoms with E-state index in [9.17, 15) is 0 Å². The van der Waals surface area contributed by atoms with Gasteiger partial charge in [0.25, 0.3) is 0 Å². The zero-order valence-corrected chi connectivity index (χ0v) is 27.3.